The zero-order valence-electron chi connectivity index (χ0n) is 24.5. The molecule has 0 N–H and O–H groups in total. The van der Waals surface area contributed by atoms with Crippen molar-refractivity contribution in [1.29, 1.82) is 5.26 Å². The highest BCUT2D eigenvalue weighted by atomic mass is 35.5. The molecule has 1 aromatic heterocycles. The first-order valence-electron chi connectivity index (χ1n) is 15.7. The van der Waals surface area contributed by atoms with Crippen molar-refractivity contribution < 1.29 is 13.9 Å². The van der Waals surface area contributed by atoms with Gasteiger partial charge < -0.3 is 14.5 Å². The number of piperazine rings is 1. The number of ether oxygens (including phenoxy) is 1. The Hall–Kier alpha value is -3.22. The van der Waals surface area contributed by atoms with Crippen molar-refractivity contribution >= 4 is 23.3 Å². The Labute approximate surface area is 257 Å². The molecule has 3 fully saturated rings. The largest absolute Gasteiger partial charge is 0.462 e. The van der Waals surface area contributed by atoms with Gasteiger partial charge >= 0.3 is 6.01 Å². The SMILES string of the molecule is C=C(F)C(=O)N1CCN(c2nc(OC[C@@H]3CCCN3C3CC3)nc3c2CC[C@@]2(CCc4c(Cl)cccc42)C3)C[C@@H]1CC#N. The smallest absolute Gasteiger partial charge is 0.318 e. The molecule has 0 radical (unpaired) electrons. The number of nitrogens with zero attached hydrogens (tertiary/aromatic N) is 6. The van der Waals surface area contributed by atoms with Crippen LogP contribution in [0.1, 0.15) is 67.3 Å². The number of aromatic nitrogens is 2. The quantitative estimate of drug-likeness (QED) is 0.415. The second-order valence-corrected chi connectivity index (χ2v) is 13.3. The molecule has 43 heavy (non-hydrogen) atoms. The lowest BCUT2D eigenvalue weighted by Gasteiger charge is -2.42. The third kappa shape index (κ3) is 5.27. The molecule has 226 valence electrons. The molecule has 2 aromatic rings. The average molecular weight is 605 g/mol. The molecule has 2 saturated heterocycles. The van der Waals surface area contributed by atoms with Crippen LogP contribution in [0.4, 0.5) is 10.2 Å². The van der Waals surface area contributed by atoms with Crippen molar-refractivity contribution in [3.63, 3.8) is 0 Å². The summed E-state index contributed by atoms with van der Waals surface area (Å²) in [7, 11) is 0. The summed E-state index contributed by atoms with van der Waals surface area (Å²) in [6.45, 7) is 6.05. The highest BCUT2D eigenvalue weighted by Crippen LogP contribution is 2.50. The first kappa shape index (κ1) is 28.5. The van der Waals surface area contributed by atoms with E-state index in [0.29, 0.717) is 37.8 Å². The summed E-state index contributed by atoms with van der Waals surface area (Å²) < 4.78 is 20.2. The van der Waals surface area contributed by atoms with Crippen LogP contribution in [0.5, 0.6) is 6.01 Å². The highest BCUT2D eigenvalue weighted by molar-refractivity contribution is 6.31. The summed E-state index contributed by atoms with van der Waals surface area (Å²) in [6.07, 6.45) is 9.57. The number of likely N-dealkylation sites (tertiary alicyclic amines) is 1. The monoisotopic (exact) mass is 604 g/mol. The van der Waals surface area contributed by atoms with Crippen LogP contribution in [0.2, 0.25) is 5.02 Å². The number of rotatable bonds is 7. The van der Waals surface area contributed by atoms with Gasteiger partial charge in [0.2, 0.25) is 0 Å². The van der Waals surface area contributed by atoms with Crippen LogP contribution < -0.4 is 9.64 Å². The van der Waals surface area contributed by atoms with Gasteiger partial charge in [0.15, 0.2) is 5.83 Å². The van der Waals surface area contributed by atoms with Gasteiger partial charge in [-0.05, 0) is 81.5 Å². The number of carbonyl (C=O) groups is 1. The van der Waals surface area contributed by atoms with E-state index in [4.69, 9.17) is 26.3 Å². The minimum absolute atomic E-state index is 0.0136. The van der Waals surface area contributed by atoms with Gasteiger partial charge in [-0.1, -0.05) is 30.3 Å². The number of benzene rings is 1. The normalized spacial score (nSPS) is 26.7. The van der Waals surface area contributed by atoms with Gasteiger partial charge in [-0.15, -0.1) is 0 Å². The van der Waals surface area contributed by atoms with E-state index >= 15 is 0 Å². The van der Waals surface area contributed by atoms with E-state index < -0.39 is 17.8 Å². The molecule has 3 aliphatic carbocycles. The molecular formula is C33H38ClFN6O2. The molecule has 3 atom stereocenters. The van der Waals surface area contributed by atoms with Crippen LogP contribution >= 0.6 is 11.6 Å². The number of anilines is 1. The maximum atomic E-state index is 13.8. The third-order valence-corrected chi connectivity index (χ3v) is 10.8. The number of carbonyl (C=O) groups excluding carboxylic acids is 1. The lowest BCUT2D eigenvalue weighted by atomic mass is 9.69. The molecule has 0 bridgehead atoms. The second-order valence-electron chi connectivity index (χ2n) is 12.9. The van der Waals surface area contributed by atoms with Gasteiger partial charge in [-0.25, -0.2) is 4.39 Å². The minimum atomic E-state index is -0.999. The van der Waals surface area contributed by atoms with Crippen LogP contribution in [0.3, 0.4) is 0 Å². The molecule has 8 nitrogen and oxygen atoms in total. The van der Waals surface area contributed by atoms with Gasteiger partial charge in [0, 0.05) is 47.7 Å². The number of fused-ring (bicyclic) bond motifs is 3. The number of halogens is 2. The maximum absolute atomic E-state index is 13.8. The Balaban J connectivity index is 1.21. The van der Waals surface area contributed by atoms with Gasteiger partial charge in [0.1, 0.15) is 12.4 Å². The molecule has 1 saturated carbocycles. The Morgan fingerprint density at radius 1 is 1.14 bits per heavy atom. The summed E-state index contributed by atoms with van der Waals surface area (Å²) in [4.78, 5) is 28.8. The summed E-state index contributed by atoms with van der Waals surface area (Å²) in [6, 6.07) is 9.46. The van der Waals surface area contributed by atoms with Crippen LogP contribution in [-0.2, 0) is 29.5 Å². The maximum Gasteiger partial charge on any atom is 0.318 e. The first-order chi connectivity index (χ1) is 20.9. The standard InChI is InChI=1S/C33H38ClFN6O2/c1-21(35)31(42)41-17-16-39(19-23(41)11-14-36)30-26-10-13-33(12-9-25-27(33)5-2-6-28(25)34)18-29(26)37-32(38-30)43-20-24-4-3-15-40(24)22-7-8-22/h2,5-6,22-24H,1,3-4,7-13,15-20H2/t23-,24-,33-/m0/s1. The van der Waals surface area contributed by atoms with Crippen LogP contribution in [0.25, 0.3) is 0 Å². The molecule has 10 heteroatoms. The first-order valence-corrected chi connectivity index (χ1v) is 16.1. The molecule has 5 aliphatic rings. The summed E-state index contributed by atoms with van der Waals surface area (Å²) in [5.41, 5.74) is 4.71. The van der Waals surface area contributed by atoms with Crippen molar-refractivity contribution in [3.8, 4) is 12.1 Å². The molecule has 1 amide bonds. The van der Waals surface area contributed by atoms with Crippen LogP contribution in [-0.4, -0.2) is 76.6 Å². The van der Waals surface area contributed by atoms with Gasteiger partial charge in [0.05, 0.1) is 24.2 Å². The molecular weight excluding hydrogens is 567 g/mol. The Kier molecular flexibility index (Phi) is 7.55. The van der Waals surface area contributed by atoms with Crippen molar-refractivity contribution in [2.75, 3.05) is 37.7 Å². The lowest BCUT2D eigenvalue weighted by molar-refractivity contribution is -0.131. The van der Waals surface area contributed by atoms with E-state index in [9.17, 15) is 14.4 Å². The average Bonchev–Trinajstić information content (AvgIpc) is 3.64. The fourth-order valence-corrected chi connectivity index (χ4v) is 8.36. The fraction of sp³-hybridized carbons (Fsp3) is 0.576. The number of hydrogen-bond acceptors (Lipinski definition) is 7. The predicted octanol–water partition coefficient (Wildman–Crippen LogP) is 4.92. The Bertz CT molecular complexity index is 1490. The van der Waals surface area contributed by atoms with E-state index in [0.717, 1.165) is 67.2 Å². The zero-order valence-corrected chi connectivity index (χ0v) is 25.3. The summed E-state index contributed by atoms with van der Waals surface area (Å²) >= 11 is 6.62. The van der Waals surface area contributed by atoms with Gasteiger partial charge in [-0.3, -0.25) is 9.69 Å². The number of nitriles is 1. The molecule has 2 aliphatic heterocycles. The Morgan fingerprint density at radius 3 is 2.72 bits per heavy atom. The fourth-order valence-electron chi connectivity index (χ4n) is 8.09. The third-order valence-electron chi connectivity index (χ3n) is 10.4. The Morgan fingerprint density at radius 2 is 1.95 bits per heavy atom. The number of hydrogen-bond donors (Lipinski definition) is 0. The molecule has 1 spiro atoms. The highest BCUT2D eigenvalue weighted by Gasteiger charge is 2.44. The van der Waals surface area contributed by atoms with E-state index in [1.165, 1.54) is 35.3 Å². The van der Waals surface area contributed by atoms with Crippen LogP contribution in [0.15, 0.2) is 30.6 Å². The van der Waals surface area contributed by atoms with E-state index in [1.807, 2.05) is 6.07 Å². The van der Waals surface area contributed by atoms with E-state index in [-0.39, 0.29) is 18.4 Å². The van der Waals surface area contributed by atoms with Crippen molar-refractivity contribution in [2.24, 2.45) is 0 Å². The molecule has 3 heterocycles. The number of amides is 1. The van der Waals surface area contributed by atoms with Gasteiger partial charge in [0.25, 0.3) is 5.91 Å². The molecule has 1 aromatic carbocycles. The summed E-state index contributed by atoms with van der Waals surface area (Å²) in [5, 5.41) is 10.4. The molecule has 0 unspecified atom stereocenters. The van der Waals surface area contributed by atoms with Crippen LogP contribution in [0, 0.1) is 11.3 Å². The second kappa shape index (κ2) is 11.4. The summed E-state index contributed by atoms with van der Waals surface area (Å²) in [5.74, 6) is -0.925. The van der Waals surface area contributed by atoms with Gasteiger partial charge in [-0.2, -0.15) is 15.2 Å². The lowest BCUT2D eigenvalue weighted by Crippen LogP contribution is -2.55. The van der Waals surface area contributed by atoms with Crippen molar-refractivity contribution in [1.82, 2.24) is 19.8 Å². The van der Waals surface area contributed by atoms with Crippen molar-refractivity contribution in [3.05, 3.63) is 58.0 Å². The topological polar surface area (TPSA) is 85.6 Å². The van der Waals surface area contributed by atoms with Crippen molar-refractivity contribution in [2.45, 2.75) is 87.7 Å². The minimum Gasteiger partial charge on any atom is -0.462 e. The van der Waals surface area contributed by atoms with E-state index in [2.05, 4.69) is 34.6 Å². The molecule has 7 rings (SSSR count). The zero-order chi connectivity index (χ0) is 29.7. The predicted molar refractivity (Wildman–Crippen MR) is 162 cm³/mol. The van der Waals surface area contributed by atoms with E-state index in [1.54, 1.807) is 0 Å².